The van der Waals surface area contributed by atoms with Gasteiger partial charge in [-0.05, 0) is 43.2 Å². The SMILES string of the molecule is COc1ccc(-c2noc(C3CCCN3C(=O)c3ccccc3F)n2)cc1OC. The summed E-state index contributed by atoms with van der Waals surface area (Å²) in [5.74, 6) is 0.935. The molecule has 7 nitrogen and oxygen atoms in total. The van der Waals surface area contributed by atoms with Gasteiger partial charge in [-0.3, -0.25) is 4.79 Å². The van der Waals surface area contributed by atoms with Crippen LogP contribution in [0.25, 0.3) is 11.4 Å². The van der Waals surface area contributed by atoms with Gasteiger partial charge >= 0.3 is 0 Å². The number of hydrogen-bond donors (Lipinski definition) is 0. The summed E-state index contributed by atoms with van der Waals surface area (Å²) in [4.78, 5) is 18.9. The van der Waals surface area contributed by atoms with Crippen molar-refractivity contribution in [2.24, 2.45) is 0 Å². The van der Waals surface area contributed by atoms with Gasteiger partial charge in [-0.1, -0.05) is 17.3 Å². The largest absolute Gasteiger partial charge is 0.493 e. The molecule has 0 radical (unpaired) electrons. The minimum Gasteiger partial charge on any atom is -0.493 e. The molecular formula is C21H20FN3O4. The Labute approximate surface area is 167 Å². The van der Waals surface area contributed by atoms with Crippen LogP contribution >= 0.6 is 0 Å². The van der Waals surface area contributed by atoms with E-state index in [1.807, 2.05) is 0 Å². The van der Waals surface area contributed by atoms with Crippen molar-refractivity contribution < 1.29 is 23.2 Å². The van der Waals surface area contributed by atoms with Crippen molar-refractivity contribution in [3.8, 4) is 22.9 Å². The third-order valence-electron chi connectivity index (χ3n) is 4.99. The van der Waals surface area contributed by atoms with Gasteiger partial charge < -0.3 is 18.9 Å². The van der Waals surface area contributed by atoms with Crippen molar-refractivity contribution in [1.29, 1.82) is 0 Å². The molecule has 0 saturated carbocycles. The topological polar surface area (TPSA) is 77.7 Å². The second kappa shape index (κ2) is 7.90. The van der Waals surface area contributed by atoms with Gasteiger partial charge in [0.05, 0.1) is 19.8 Å². The minimum absolute atomic E-state index is 0.0408. The third-order valence-corrected chi connectivity index (χ3v) is 4.99. The van der Waals surface area contributed by atoms with Crippen LogP contribution in [0.4, 0.5) is 4.39 Å². The van der Waals surface area contributed by atoms with Crippen LogP contribution in [0.5, 0.6) is 11.5 Å². The summed E-state index contributed by atoms with van der Waals surface area (Å²) in [6.07, 6.45) is 1.45. The Morgan fingerprint density at radius 2 is 1.97 bits per heavy atom. The third kappa shape index (κ3) is 3.53. The number of rotatable bonds is 5. The predicted molar refractivity (Wildman–Crippen MR) is 102 cm³/mol. The standard InChI is InChI=1S/C21H20FN3O4/c1-27-17-10-9-13(12-18(17)28-2)19-23-20(29-24-19)16-8-5-11-25(16)21(26)14-6-3-4-7-15(14)22/h3-4,6-7,9-10,12,16H,5,8,11H2,1-2H3. The van der Waals surface area contributed by atoms with E-state index in [1.54, 1.807) is 49.5 Å². The molecule has 0 N–H and O–H groups in total. The van der Waals surface area contributed by atoms with E-state index in [9.17, 15) is 9.18 Å². The zero-order chi connectivity index (χ0) is 20.4. The van der Waals surface area contributed by atoms with Gasteiger partial charge in [-0.2, -0.15) is 4.98 Å². The molecule has 1 amide bonds. The van der Waals surface area contributed by atoms with Crippen LogP contribution in [0.15, 0.2) is 47.0 Å². The number of halogens is 1. The van der Waals surface area contributed by atoms with Crippen LogP contribution in [-0.4, -0.2) is 41.7 Å². The van der Waals surface area contributed by atoms with Crippen LogP contribution in [0.2, 0.25) is 0 Å². The maximum Gasteiger partial charge on any atom is 0.257 e. The summed E-state index contributed by atoms with van der Waals surface area (Å²) in [5.41, 5.74) is 0.738. The number of hydrogen-bond acceptors (Lipinski definition) is 6. The molecule has 4 rings (SSSR count). The number of carbonyl (C=O) groups excluding carboxylic acids is 1. The zero-order valence-electron chi connectivity index (χ0n) is 16.1. The van der Waals surface area contributed by atoms with Crippen LogP contribution < -0.4 is 9.47 Å². The van der Waals surface area contributed by atoms with E-state index in [1.165, 1.54) is 12.1 Å². The van der Waals surface area contributed by atoms with Crippen molar-refractivity contribution in [2.45, 2.75) is 18.9 Å². The fourth-order valence-electron chi connectivity index (χ4n) is 3.52. The highest BCUT2D eigenvalue weighted by atomic mass is 19.1. The van der Waals surface area contributed by atoms with Gasteiger partial charge in [0.1, 0.15) is 11.9 Å². The highest BCUT2D eigenvalue weighted by Crippen LogP contribution is 2.35. The lowest BCUT2D eigenvalue weighted by Gasteiger charge is -2.22. The van der Waals surface area contributed by atoms with Gasteiger partial charge in [0.2, 0.25) is 11.7 Å². The van der Waals surface area contributed by atoms with Crippen molar-refractivity contribution in [3.63, 3.8) is 0 Å². The molecule has 2 aromatic carbocycles. The molecular weight excluding hydrogens is 377 g/mol. The molecule has 1 unspecified atom stereocenters. The average Bonchev–Trinajstić information content (AvgIpc) is 3.42. The van der Waals surface area contributed by atoms with Crippen LogP contribution in [-0.2, 0) is 0 Å². The normalized spacial score (nSPS) is 16.1. The van der Waals surface area contributed by atoms with E-state index in [4.69, 9.17) is 14.0 Å². The molecule has 8 heteroatoms. The summed E-state index contributed by atoms with van der Waals surface area (Å²) in [6.45, 7) is 0.506. The number of nitrogens with zero attached hydrogens (tertiary/aromatic N) is 3. The van der Waals surface area contributed by atoms with Crippen LogP contribution in [0.3, 0.4) is 0 Å². The Morgan fingerprint density at radius 1 is 1.17 bits per heavy atom. The highest BCUT2D eigenvalue weighted by Gasteiger charge is 2.35. The van der Waals surface area contributed by atoms with E-state index < -0.39 is 5.82 Å². The summed E-state index contributed by atoms with van der Waals surface area (Å²) >= 11 is 0. The first-order chi connectivity index (χ1) is 14.1. The fourth-order valence-corrected chi connectivity index (χ4v) is 3.52. The lowest BCUT2D eigenvalue weighted by atomic mass is 10.1. The minimum atomic E-state index is -0.542. The first kappa shape index (κ1) is 18.9. The molecule has 3 aromatic rings. The molecule has 29 heavy (non-hydrogen) atoms. The molecule has 1 aliphatic rings. The Balaban J connectivity index is 1.60. The quantitative estimate of drug-likeness (QED) is 0.650. The Bertz CT molecular complexity index is 1040. The maximum atomic E-state index is 14.1. The lowest BCUT2D eigenvalue weighted by Crippen LogP contribution is -2.31. The van der Waals surface area contributed by atoms with Gasteiger partial charge in [0.25, 0.3) is 5.91 Å². The van der Waals surface area contributed by atoms with E-state index in [2.05, 4.69) is 10.1 Å². The van der Waals surface area contributed by atoms with E-state index in [0.29, 0.717) is 41.7 Å². The summed E-state index contributed by atoms with van der Waals surface area (Å²) in [7, 11) is 3.11. The van der Waals surface area contributed by atoms with Crippen LogP contribution in [0.1, 0.15) is 35.1 Å². The van der Waals surface area contributed by atoms with Gasteiger partial charge in [0, 0.05) is 12.1 Å². The van der Waals surface area contributed by atoms with E-state index in [0.717, 1.165) is 6.42 Å². The number of methoxy groups -OCH3 is 2. The van der Waals surface area contributed by atoms with E-state index >= 15 is 0 Å². The molecule has 1 aliphatic heterocycles. The highest BCUT2D eigenvalue weighted by molar-refractivity contribution is 5.94. The first-order valence-electron chi connectivity index (χ1n) is 9.24. The van der Waals surface area contributed by atoms with Gasteiger partial charge in [-0.25, -0.2) is 4.39 Å². The number of carbonyl (C=O) groups is 1. The van der Waals surface area contributed by atoms with Gasteiger partial charge in [0.15, 0.2) is 11.5 Å². The Kier molecular flexibility index (Phi) is 5.16. The maximum absolute atomic E-state index is 14.1. The molecule has 0 spiro atoms. The Morgan fingerprint density at radius 3 is 2.72 bits per heavy atom. The number of aromatic nitrogens is 2. The van der Waals surface area contributed by atoms with E-state index in [-0.39, 0.29) is 17.5 Å². The monoisotopic (exact) mass is 397 g/mol. The summed E-state index contributed by atoms with van der Waals surface area (Å²) in [5, 5.41) is 4.05. The molecule has 1 aromatic heterocycles. The number of likely N-dealkylation sites (tertiary alicyclic amines) is 1. The number of benzene rings is 2. The van der Waals surface area contributed by atoms with Crippen molar-refractivity contribution in [1.82, 2.24) is 15.0 Å². The number of ether oxygens (including phenoxy) is 2. The number of amides is 1. The molecule has 2 heterocycles. The van der Waals surface area contributed by atoms with Crippen molar-refractivity contribution in [3.05, 3.63) is 59.7 Å². The van der Waals surface area contributed by atoms with Crippen molar-refractivity contribution >= 4 is 5.91 Å². The summed E-state index contributed by atoms with van der Waals surface area (Å²) < 4.78 is 30.1. The smallest absolute Gasteiger partial charge is 0.257 e. The molecule has 1 atom stereocenters. The molecule has 150 valence electrons. The van der Waals surface area contributed by atoms with Gasteiger partial charge in [-0.15, -0.1) is 0 Å². The molecule has 1 fully saturated rings. The predicted octanol–water partition coefficient (Wildman–Crippen LogP) is 3.87. The molecule has 0 aliphatic carbocycles. The zero-order valence-corrected chi connectivity index (χ0v) is 16.1. The Hall–Kier alpha value is -3.42. The molecule has 1 saturated heterocycles. The van der Waals surface area contributed by atoms with Crippen molar-refractivity contribution in [2.75, 3.05) is 20.8 Å². The lowest BCUT2D eigenvalue weighted by molar-refractivity contribution is 0.0705. The first-order valence-corrected chi connectivity index (χ1v) is 9.24. The fraction of sp³-hybridized carbons (Fsp3) is 0.286. The average molecular weight is 397 g/mol. The summed E-state index contributed by atoms with van der Waals surface area (Å²) in [6, 6.07) is 10.9. The van der Waals surface area contributed by atoms with Crippen LogP contribution in [0, 0.1) is 5.82 Å². The second-order valence-corrected chi connectivity index (χ2v) is 6.66. The second-order valence-electron chi connectivity index (χ2n) is 6.66. The molecule has 0 bridgehead atoms.